The molecule has 0 saturated carbocycles. The third kappa shape index (κ3) is 5.00. The molecule has 0 aliphatic carbocycles. The van der Waals surface area contributed by atoms with Gasteiger partial charge in [0.15, 0.2) is 0 Å². The summed E-state index contributed by atoms with van der Waals surface area (Å²) in [5.74, 6) is 1.19. The van der Waals surface area contributed by atoms with Crippen molar-refractivity contribution in [3.8, 4) is 23.3 Å². The first kappa shape index (κ1) is 16.2. The molecular weight excluding hydrogens is 312 g/mol. The second-order valence-electron chi connectivity index (χ2n) is 4.24. The minimum absolute atomic E-state index is 0.0744. The van der Waals surface area contributed by atoms with Crippen LogP contribution in [-0.2, 0) is 0 Å². The average Bonchev–Trinajstić information content (AvgIpc) is 2.96. The van der Waals surface area contributed by atoms with Crippen molar-refractivity contribution in [3.63, 3.8) is 0 Å². The highest BCUT2D eigenvalue weighted by molar-refractivity contribution is 7.99. The first-order valence-electron chi connectivity index (χ1n) is 6.57. The van der Waals surface area contributed by atoms with E-state index in [-0.39, 0.29) is 5.75 Å². The van der Waals surface area contributed by atoms with Gasteiger partial charge in [-0.25, -0.2) is 0 Å². The maximum absolute atomic E-state index is 12.1. The van der Waals surface area contributed by atoms with Crippen LogP contribution in [0.3, 0.4) is 0 Å². The molecule has 22 heavy (non-hydrogen) atoms. The molecular formula is C14H13F2N3O2S. The first-order valence-corrected chi connectivity index (χ1v) is 7.56. The molecule has 0 aliphatic heterocycles. The number of thioether (sulfide) groups is 1. The van der Waals surface area contributed by atoms with Crippen LogP contribution in [0.1, 0.15) is 19.3 Å². The Bertz CT molecular complexity index is 626. The van der Waals surface area contributed by atoms with E-state index in [1.807, 2.05) is 0 Å². The molecule has 0 atom stereocenters. The molecule has 0 amide bonds. The lowest BCUT2D eigenvalue weighted by atomic mass is 10.2. The molecule has 0 radical (unpaired) electrons. The van der Waals surface area contributed by atoms with Crippen LogP contribution in [0.25, 0.3) is 11.5 Å². The van der Waals surface area contributed by atoms with Gasteiger partial charge >= 0.3 is 6.61 Å². The first-order chi connectivity index (χ1) is 10.7. The van der Waals surface area contributed by atoms with E-state index < -0.39 is 6.61 Å². The number of alkyl halides is 2. The summed E-state index contributed by atoms with van der Waals surface area (Å²) in [5, 5.41) is 16.7. The summed E-state index contributed by atoms with van der Waals surface area (Å²) in [5.41, 5.74) is 0.630. The van der Waals surface area contributed by atoms with Gasteiger partial charge in [-0.1, -0.05) is 11.8 Å². The van der Waals surface area contributed by atoms with E-state index in [1.54, 1.807) is 12.1 Å². The molecule has 2 rings (SSSR count). The molecule has 116 valence electrons. The van der Waals surface area contributed by atoms with Crippen molar-refractivity contribution in [2.75, 3.05) is 5.75 Å². The molecule has 0 bridgehead atoms. The van der Waals surface area contributed by atoms with Gasteiger partial charge in [0.2, 0.25) is 5.89 Å². The molecule has 1 heterocycles. The molecule has 8 heteroatoms. The lowest BCUT2D eigenvalue weighted by Crippen LogP contribution is -2.01. The molecule has 0 N–H and O–H groups in total. The van der Waals surface area contributed by atoms with Crippen molar-refractivity contribution in [2.45, 2.75) is 31.1 Å². The Morgan fingerprint density at radius 2 is 2.00 bits per heavy atom. The highest BCUT2D eigenvalue weighted by Gasteiger charge is 2.10. The van der Waals surface area contributed by atoms with Gasteiger partial charge < -0.3 is 9.15 Å². The second kappa shape index (κ2) is 8.34. The zero-order chi connectivity index (χ0) is 15.8. The molecule has 1 aromatic carbocycles. The monoisotopic (exact) mass is 325 g/mol. The Balaban J connectivity index is 1.89. The summed E-state index contributed by atoms with van der Waals surface area (Å²) in [4.78, 5) is 0. The van der Waals surface area contributed by atoms with Crippen LogP contribution in [0.2, 0.25) is 0 Å². The lowest BCUT2D eigenvalue weighted by molar-refractivity contribution is -0.0498. The lowest BCUT2D eigenvalue weighted by Gasteiger charge is -2.03. The van der Waals surface area contributed by atoms with Gasteiger partial charge in [0.25, 0.3) is 5.22 Å². The fraction of sp³-hybridized carbons (Fsp3) is 0.357. The van der Waals surface area contributed by atoms with Gasteiger partial charge in [0.05, 0.1) is 6.07 Å². The van der Waals surface area contributed by atoms with Crippen LogP contribution in [0.4, 0.5) is 8.78 Å². The highest BCUT2D eigenvalue weighted by atomic mass is 32.2. The van der Waals surface area contributed by atoms with Crippen molar-refractivity contribution in [2.24, 2.45) is 0 Å². The fourth-order valence-electron chi connectivity index (χ4n) is 1.63. The van der Waals surface area contributed by atoms with Gasteiger partial charge in [0, 0.05) is 17.7 Å². The number of aromatic nitrogens is 2. The zero-order valence-electron chi connectivity index (χ0n) is 11.5. The van der Waals surface area contributed by atoms with E-state index in [1.165, 1.54) is 23.9 Å². The number of benzene rings is 1. The minimum atomic E-state index is -2.85. The van der Waals surface area contributed by atoms with E-state index in [2.05, 4.69) is 21.0 Å². The fourth-order valence-corrected chi connectivity index (χ4v) is 2.39. The minimum Gasteiger partial charge on any atom is -0.435 e. The molecule has 5 nitrogen and oxygen atoms in total. The van der Waals surface area contributed by atoms with Gasteiger partial charge in [-0.2, -0.15) is 14.0 Å². The predicted molar refractivity (Wildman–Crippen MR) is 76.6 cm³/mol. The summed E-state index contributed by atoms with van der Waals surface area (Å²) in [6, 6.07) is 8.08. The van der Waals surface area contributed by atoms with Crippen LogP contribution in [-0.4, -0.2) is 22.6 Å². The molecule has 2 aromatic rings. The van der Waals surface area contributed by atoms with Gasteiger partial charge in [0.1, 0.15) is 5.75 Å². The van der Waals surface area contributed by atoms with Crippen LogP contribution < -0.4 is 4.74 Å². The van der Waals surface area contributed by atoms with Gasteiger partial charge in [-0.3, -0.25) is 0 Å². The average molecular weight is 325 g/mol. The van der Waals surface area contributed by atoms with E-state index in [0.29, 0.717) is 23.1 Å². The van der Waals surface area contributed by atoms with Gasteiger partial charge in [-0.15, -0.1) is 10.2 Å². The number of unbranched alkanes of at least 4 members (excludes halogenated alkanes) is 2. The molecule has 0 spiro atoms. The van der Waals surface area contributed by atoms with Crippen LogP contribution in [0, 0.1) is 11.3 Å². The maximum atomic E-state index is 12.1. The third-order valence-corrected chi connectivity index (χ3v) is 3.55. The number of halogens is 2. The Morgan fingerprint density at radius 3 is 2.68 bits per heavy atom. The highest BCUT2D eigenvalue weighted by Crippen LogP contribution is 2.25. The molecule has 0 unspecified atom stereocenters. The van der Waals surface area contributed by atoms with E-state index in [0.717, 1.165) is 18.6 Å². The number of ether oxygens (including phenoxy) is 1. The van der Waals surface area contributed by atoms with Crippen molar-refractivity contribution in [1.82, 2.24) is 10.2 Å². The smallest absolute Gasteiger partial charge is 0.387 e. The Kier molecular flexibility index (Phi) is 6.15. The topological polar surface area (TPSA) is 71.9 Å². The van der Waals surface area contributed by atoms with E-state index in [9.17, 15) is 8.78 Å². The standard InChI is InChI=1S/C14H13F2N3O2S/c15-13(16)20-11-6-4-10(5-7-11)12-18-19-14(21-12)22-9-3-1-2-8-17/h4-7,13H,1-3,9H2. The van der Waals surface area contributed by atoms with Crippen molar-refractivity contribution >= 4 is 11.8 Å². The maximum Gasteiger partial charge on any atom is 0.387 e. The number of nitriles is 1. The number of hydrogen-bond acceptors (Lipinski definition) is 6. The molecule has 0 fully saturated rings. The molecule has 1 aromatic heterocycles. The van der Waals surface area contributed by atoms with E-state index >= 15 is 0 Å². The van der Waals surface area contributed by atoms with Gasteiger partial charge in [-0.05, 0) is 37.1 Å². The van der Waals surface area contributed by atoms with Crippen LogP contribution >= 0.6 is 11.8 Å². The largest absolute Gasteiger partial charge is 0.435 e. The van der Waals surface area contributed by atoms with Crippen molar-refractivity contribution < 1.29 is 17.9 Å². The predicted octanol–water partition coefficient (Wildman–Crippen LogP) is 4.12. The Morgan fingerprint density at radius 1 is 1.23 bits per heavy atom. The Hall–Kier alpha value is -2.14. The third-order valence-electron chi connectivity index (χ3n) is 2.64. The zero-order valence-corrected chi connectivity index (χ0v) is 12.4. The summed E-state index contributed by atoms with van der Waals surface area (Å²) in [6.07, 6.45) is 2.29. The van der Waals surface area contributed by atoms with Crippen molar-refractivity contribution in [1.29, 1.82) is 5.26 Å². The number of hydrogen-bond donors (Lipinski definition) is 0. The quantitative estimate of drug-likeness (QED) is 0.537. The number of nitrogens with zero attached hydrogens (tertiary/aromatic N) is 3. The summed E-state index contributed by atoms with van der Waals surface area (Å²) < 4.78 is 33.9. The van der Waals surface area contributed by atoms with Crippen LogP contribution in [0.15, 0.2) is 33.9 Å². The van der Waals surface area contributed by atoms with Crippen LogP contribution in [0.5, 0.6) is 5.75 Å². The Labute approximate surface area is 130 Å². The molecule has 0 aliphatic rings. The normalized spacial score (nSPS) is 10.6. The van der Waals surface area contributed by atoms with E-state index in [4.69, 9.17) is 9.68 Å². The van der Waals surface area contributed by atoms with Crippen molar-refractivity contribution in [3.05, 3.63) is 24.3 Å². The SMILES string of the molecule is N#CCCCCSc1nnc(-c2ccc(OC(F)F)cc2)o1. The summed E-state index contributed by atoms with van der Waals surface area (Å²) in [7, 11) is 0. The number of rotatable bonds is 8. The molecule has 0 saturated heterocycles. The summed E-state index contributed by atoms with van der Waals surface area (Å²) in [6.45, 7) is -2.85. The second-order valence-corrected chi connectivity index (χ2v) is 5.29. The summed E-state index contributed by atoms with van der Waals surface area (Å²) >= 11 is 1.42.